The second-order valence-electron chi connectivity index (χ2n) is 5.76. The van der Waals surface area contributed by atoms with Crippen molar-refractivity contribution in [3.8, 4) is 17.1 Å². The molecule has 7 nitrogen and oxygen atoms in total. The molecule has 1 atom stereocenters. The summed E-state index contributed by atoms with van der Waals surface area (Å²) in [6, 6.07) is 7.34. The third-order valence-corrected chi connectivity index (χ3v) is 4.09. The Labute approximate surface area is 150 Å². The lowest BCUT2D eigenvalue weighted by molar-refractivity contribution is 0.0895. The summed E-state index contributed by atoms with van der Waals surface area (Å²) in [6.07, 6.45) is 2.61. The lowest BCUT2D eigenvalue weighted by atomic mass is 10.2. The largest absolute Gasteiger partial charge is 0.345 e. The van der Waals surface area contributed by atoms with E-state index in [1.165, 1.54) is 0 Å². The summed E-state index contributed by atoms with van der Waals surface area (Å²) < 4.78 is 6.79. The van der Waals surface area contributed by atoms with Gasteiger partial charge in [0.1, 0.15) is 0 Å². The molecule has 0 aliphatic rings. The van der Waals surface area contributed by atoms with Gasteiger partial charge in [0, 0.05) is 17.3 Å². The van der Waals surface area contributed by atoms with Crippen LogP contribution in [0.2, 0.25) is 5.02 Å². The van der Waals surface area contributed by atoms with Gasteiger partial charge >= 0.3 is 11.8 Å². The van der Waals surface area contributed by atoms with E-state index in [1.54, 1.807) is 23.0 Å². The molecule has 0 spiro atoms. The third-order valence-electron chi connectivity index (χ3n) is 3.84. The summed E-state index contributed by atoms with van der Waals surface area (Å²) in [4.78, 5) is 16.2. The molecular weight excluding hydrogens is 342 g/mol. The Morgan fingerprint density at radius 1 is 1.36 bits per heavy atom. The van der Waals surface area contributed by atoms with Crippen LogP contribution < -0.4 is 5.32 Å². The maximum atomic E-state index is 12.1. The van der Waals surface area contributed by atoms with Gasteiger partial charge in [-0.3, -0.25) is 4.79 Å². The van der Waals surface area contributed by atoms with E-state index in [1.807, 2.05) is 32.9 Å². The molecule has 8 heteroatoms. The molecule has 0 aliphatic heterocycles. The van der Waals surface area contributed by atoms with Gasteiger partial charge < -0.3 is 9.84 Å². The van der Waals surface area contributed by atoms with Gasteiger partial charge in [0.15, 0.2) is 0 Å². The summed E-state index contributed by atoms with van der Waals surface area (Å²) in [6.45, 7) is 5.74. The topological polar surface area (TPSA) is 85.8 Å². The van der Waals surface area contributed by atoms with E-state index in [0.29, 0.717) is 16.4 Å². The monoisotopic (exact) mass is 359 g/mol. The van der Waals surface area contributed by atoms with Crippen LogP contribution in [-0.4, -0.2) is 31.9 Å². The number of carbonyl (C=O) groups excluding carboxylic acids is 1. The first-order valence-corrected chi connectivity index (χ1v) is 8.33. The van der Waals surface area contributed by atoms with Crippen LogP contribution in [0.15, 0.2) is 35.0 Å². The predicted molar refractivity (Wildman–Crippen MR) is 93.8 cm³/mol. The molecule has 2 aromatic heterocycles. The zero-order chi connectivity index (χ0) is 18.0. The molecule has 3 aromatic rings. The summed E-state index contributed by atoms with van der Waals surface area (Å²) in [5.74, 6) is -0.114. The fourth-order valence-electron chi connectivity index (χ4n) is 2.22. The van der Waals surface area contributed by atoms with Gasteiger partial charge in [0.05, 0.1) is 16.9 Å². The van der Waals surface area contributed by atoms with E-state index < -0.39 is 0 Å². The van der Waals surface area contributed by atoms with Gasteiger partial charge in [-0.05, 0) is 44.5 Å². The average molecular weight is 360 g/mol. The number of carbonyl (C=O) groups is 1. The third kappa shape index (κ3) is 3.71. The molecule has 0 radical (unpaired) electrons. The molecular formula is C17H18ClN5O2. The number of rotatable bonds is 5. The Balaban J connectivity index is 1.85. The minimum absolute atomic E-state index is 0.0391. The number of aryl methyl sites for hydroxylation is 1. The van der Waals surface area contributed by atoms with Crippen LogP contribution in [0.25, 0.3) is 17.1 Å². The SMILES string of the molecule is CC[C@H](C)NC(=O)c1nc(-c2cn(-c3ccc(Cl)cc3)nc2C)no1. The summed E-state index contributed by atoms with van der Waals surface area (Å²) >= 11 is 5.91. The lowest BCUT2D eigenvalue weighted by Gasteiger charge is -2.07. The van der Waals surface area contributed by atoms with Crippen LogP contribution in [0, 0.1) is 6.92 Å². The summed E-state index contributed by atoms with van der Waals surface area (Å²) in [5, 5.41) is 11.8. The number of hydrogen-bond acceptors (Lipinski definition) is 5. The molecule has 2 heterocycles. The van der Waals surface area contributed by atoms with Crippen molar-refractivity contribution >= 4 is 17.5 Å². The fraction of sp³-hybridized carbons (Fsp3) is 0.294. The van der Waals surface area contributed by atoms with Crippen molar-refractivity contribution in [2.24, 2.45) is 0 Å². The maximum absolute atomic E-state index is 12.1. The number of nitrogens with zero attached hydrogens (tertiary/aromatic N) is 4. The van der Waals surface area contributed by atoms with E-state index in [9.17, 15) is 4.79 Å². The number of benzene rings is 1. The van der Waals surface area contributed by atoms with Crippen LogP contribution in [0.3, 0.4) is 0 Å². The molecule has 0 saturated carbocycles. The lowest BCUT2D eigenvalue weighted by Crippen LogP contribution is -2.32. The predicted octanol–water partition coefficient (Wildman–Crippen LogP) is 3.41. The molecule has 0 aliphatic carbocycles. The highest BCUT2D eigenvalue weighted by Gasteiger charge is 2.20. The van der Waals surface area contributed by atoms with Crippen LogP contribution in [0.1, 0.15) is 36.6 Å². The average Bonchev–Trinajstić information content (AvgIpc) is 3.22. The van der Waals surface area contributed by atoms with Crippen molar-refractivity contribution in [2.75, 3.05) is 0 Å². The number of hydrogen-bond donors (Lipinski definition) is 1. The van der Waals surface area contributed by atoms with Crippen LogP contribution in [0.5, 0.6) is 0 Å². The molecule has 0 unspecified atom stereocenters. The highest BCUT2D eigenvalue weighted by molar-refractivity contribution is 6.30. The van der Waals surface area contributed by atoms with Crippen molar-refractivity contribution < 1.29 is 9.32 Å². The van der Waals surface area contributed by atoms with Gasteiger partial charge in [-0.1, -0.05) is 23.7 Å². The molecule has 0 saturated heterocycles. The Morgan fingerprint density at radius 2 is 2.08 bits per heavy atom. The molecule has 130 valence electrons. The highest BCUT2D eigenvalue weighted by Crippen LogP contribution is 2.22. The summed E-state index contributed by atoms with van der Waals surface area (Å²) in [5.41, 5.74) is 2.28. The highest BCUT2D eigenvalue weighted by atomic mass is 35.5. The van der Waals surface area contributed by atoms with Gasteiger partial charge in [-0.2, -0.15) is 10.1 Å². The van der Waals surface area contributed by atoms with Crippen molar-refractivity contribution in [1.82, 2.24) is 25.2 Å². The number of nitrogens with one attached hydrogen (secondary N) is 1. The first-order chi connectivity index (χ1) is 12.0. The van der Waals surface area contributed by atoms with Gasteiger partial charge in [0.25, 0.3) is 0 Å². The Bertz CT molecular complexity index is 885. The molecule has 0 bridgehead atoms. The molecule has 1 N–H and O–H groups in total. The Kier molecular flexibility index (Phi) is 4.85. The molecule has 1 aromatic carbocycles. The van der Waals surface area contributed by atoms with E-state index in [4.69, 9.17) is 16.1 Å². The molecule has 1 amide bonds. The zero-order valence-corrected chi connectivity index (χ0v) is 14.9. The van der Waals surface area contributed by atoms with E-state index in [0.717, 1.165) is 17.8 Å². The van der Waals surface area contributed by atoms with Crippen LogP contribution >= 0.6 is 11.6 Å². The Hall–Kier alpha value is -2.67. The number of halogens is 1. The van der Waals surface area contributed by atoms with Crippen molar-refractivity contribution in [1.29, 1.82) is 0 Å². The van der Waals surface area contributed by atoms with Gasteiger partial charge in [-0.25, -0.2) is 4.68 Å². The number of aromatic nitrogens is 4. The fourth-order valence-corrected chi connectivity index (χ4v) is 2.34. The van der Waals surface area contributed by atoms with Crippen molar-refractivity contribution in [2.45, 2.75) is 33.2 Å². The smallest absolute Gasteiger partial charge is 0.316 e. The minimum Gasteiger partial charge on any atom is -0.345 e. The van der Waals surface area contributed by atoms with E-state index in [2.05, 4.69) is 20.6 Å². The quantitative estimate of drug-likeness (QED) is 0.754. The second kappa shape index (κ2) is 7.06. The van der Waals surface area contributed by atoms with Crippen LogP contribution in [-0.2, 0) is 0 Å². The summed E-state index contributed by atoms with van der Waals surface area (Å²) in [7, 11) is 0. The first-order valence-electron chi connectivity index (χ1n) is 7.95. The maximum Gasteiger partial charge on any atom is 0.316 e. The standard InChI is InChI=1S/C17H18ClN5O2/c1-4-10(2)19-16(24)17-20-15(22-25-17)14-9-23(21-11(14)3)13-7-5-12(18)6-8-13/h5-10H,4H2,1-3H3,(H,19,24)/t10-/m0/s1. The first kappa shape index (κ1) is 17.2. The second-order valence-corrected chi connectivity index (χ2v) is 6.19. The van der Waals surface area contributed by atoms with Crippen LogP contribution in [0.4, 0.5) is 0 Å². The van der Waals surface area contributed by atoms with Crippen molar-refractivity contribution in [3.05, 3.63) is 47.1 Å². The minimum atomic E-state index is -0.379. The van der Waals surface area contributed by atoms with Crippen molar-refractivity contribution in [3.63, 3.8) is 0 Å². The van der Waals surface area contributed by atoms with Gasteiger partial charge in [-0.15, -0.1) is 0 Å². The van der Waals surface area contributed by atoms with E-state index >= 15 is 0 Å². The van der Waals surface area contributed by atoms with Gasteiger partial charge in [0.2, 0.25) is 5.82 Å². The Morgan fingerprint density at radius 3 is 2.76 bits per heavy atom. The zero-order valence-electron chi connectivity index (χ0n) is 14.2. The molecule has 25 heavy (non-hydrogen) atoms. The van der Waals surface area contributed by atoms with E-state index in [-0.39, 0.29) is 17.8 Å². The molecule has 3 rings (SSSR count). The normalized spacial score (nSPS) is 12.2. The number of amides is 1. The molecule has 0 fully saturated rings.